The standard InChI is InChI=1S/C18H20N4O2/c1-12-10-17(24-20-12)18(23)21(4)11-16-13(2)19-22(14(16)3)15-8-6-5-7-9-15/h5-10H,11H2,1-4H3. The van der Waals surface area contributed by atoms with E-state index in [9.17, 15) is 4.79 Å². The number of aromatic nitrogens is 3. The topological polar surface area (TPSA) is 64.2 Å². The molecule has 2 heterocycles. The van der Waals surface area contributed by atoms with Gasteiger partial charge in [0.2, 0.25) is 5.76 Å². The minimum atomic E-state index is -0.193. The Balaban J connectivity index is 1.85. The Bertz CT molecular complexity index is 865. The number of para-hydroxylation sites is 1. The van der Waals surface area contributed by atoms with Gasteiger partial charge in [0.1, 0.15) is 0 Å². The van der Waals surface area contributed by atoms with Gasteiger partial charge in [-0.15, -0.1) is 0 Å². The van der Waals surface area contributed by atoms with Crippen LogP contribution in [0, 0.1) is 20.8 Å². The van der Waals surface area contributed by atoms with E-state index < -0.39 is 0 Å². The van der Waals surface area contributed by atoms with Crippen molar-refractivity contribution in [3.8, 4) is 5.69 Å². The Morgan fingerprint density at radius 1 is 1.21 bits per heavy atom. The summed E-state index contributed by atoms with van der Waals surface area (Å²) in [6.07, 6.45) is 0. The molecular formula is C18H20N4O2. The molecule has 0 spiro atoms. The fraction of sp³-hybridized carbons (Fsp3) is 0.278. The summed E-state index contributed by atoms with van der Waals surface area (Å²) >= 11 is 0. The molecular weight excluding hydrogens is 304 g/mol. The first kappa shape index (κ1) is 16.0. The second kappa shape index (κ2) is 6.31. The summed E-state index contributed by atoms with van der Waals surface area (Å²) in [6, 6.07) is 11.6. The van der Waals surface area contributed by atoms with Gasteiger partial charge in [0.05, 0.1) is 17.1 Å². The molecule has 0 aliphatic carbocycles. The number of carbonyl (C=O) groups is 1. The molecule has 0 unspecified atom stereocenters. The van der Waals surface area contributed by atoms with Crippen LogP contribution < -0.4 is 0 Å². The van der Waals surface area contributed by atoms with Crippen LogP contribution in [0.2, 0.25) is 0 Å². The highest BCUT2D eigenvalue weighted by molar-refractivity contribution is 5.91. The average Bonchev–Trinajstić information content (AvgIpc) is 3.13. The molecule has 0 atom stereocenters. The highest BCUT2D eigenvalue weighted by atomic mass is 16.5. The first-order valence-corrected chi connectivity index (χ1v) is 7.76. The molecule has 3 rings (SSSR count). The van der Waals surface area contributed by atoms with E-state index in [0.717, 1.165) is 22.6 Å². The van der Waals surface area contributed by atoms with Crippen molar-refractivity contribution in [1.29, 1.82) is 0 Å². The Labute approximate surface area is 140 Å². The van der Waals surface area contributed by atoms with Crippen molar-refractivity contribution in [3.05, 3.63) is 64.8 Å². The first-order chi connectivity index (χ1) is 11.5. The van der Waals surface area contributed by atoms with Crippen molar-refractivity contribution in [2.24, 2.45) is 0 Å². The second-order valence-electron chi connectivity index (χ2n) is 5.89. The van der Waals surface area contributed by atoms with Gasteiger partial charge in [0, 0.05) is 30.9 Å². The van der Waals surface area contributed by atoms with E-state index in [-0.39, 0.29) is 11.7 Å². The Morgan fingerprint density at radius 3 is 2.54 bits per heavy atom. The van der Waals surface area contributed by atoms with E-state index in [4.69, 9.17) is 4.52 Å². The molecule has 0 aliphatic rings. The number of carbonyl (C=O) groups excluding carboxylic acids is 1. The van der Waals surface area contributed by atoms with Crippen LogP contribution in [0.5, 0.6) is 0 Å². The van der Waals surface area contributed by atoms with Gasteiger partial charge in [-0.2, -0.15) is 5.10 Å². The van der Waals surface area contributed by atoms with Crippen LogP contribution in [0.4, 0.5) is 0 Å². The maximum Gasteiger partial charge on any atom is 0.292 e. The van der Waals surface area contributed by atoms with E-state index >= 15 is 0 Å². The number of hydrogen-bond donors (Lipinski definition) is 0. The maximum atomic E-state index is 12.4. The summed E-state index contributed by atoms with van der Waals surface area (Å²) in [5.41, 5.74) is 4.66. The summed E-state index contributed by atoms with van der Waals surface area (Å²) < 4.78 is 6.96. The van der Waals surface area contributed by atoms with Crippen molar-refractivity contribution in [2.75, 3.05) is 7.05 Å². The lowest BCUT2D eigenvalue weighted by Crippen LogP contribution is -2.26. The third-order valence-corrected chi connectivity index (χ3v) is 4.02. The quantitative estimate of drug-likeness (QED) is 0.740. The number of nitrogens with zero attached hydrogens (tertiary/aromatic N) is 4. The summed E-state index contributed by atoms with van der Waals surface area (Å²) in [5, 5.41) is 8.38. The van der Waals surface area contributed by atoms with Crippen LogP contribution >= 0.6 is 0 Å². The molecule has 124 valence electrons. The Kier molecular flexibility index (Phi) is 4.20. The Morgan fingerprint density at radius 2 is 1.92 bits per heavy atom. The predicted octanol–water partition coefficient (Wildman–Crippen LogP) is 3.06. The fourth-order valence-corrected chi connectivity index (χ4v) is 2.69. The summed E-state index contributed by atoms with van der Waals surface area (Å²) in [7, 11) is 1.75. The molecule has 0 N–H and O–H groups in total. The van der Waals surface area contributed by atoms with Gasteiger partial charge >= 0.3 is 0 Å². The van der Waals surface area contributed by atoms with Crippen LogP contribution in [0.15, 0.2) is 40.9 Å². The van der Waals surface area contributed by atoms with Gasteiger partial charge in [-0.1, -0.05) is 23.4 Å². The highest BCUT2D eigenvalue weighted by Gasteiger charge is 2.20. The summed E-state index contributed by atoms with van der Waals surface area (Å²) in [4.78, 5) is 14.0. The van der Waals surface area contributed by atoms with E-state index in [0.29, 0.717) is 12.2 Å². The molecule has 3 aromatic rings. The molecule has 24 heavy (non-hydrogen) atoms. The molecule has 0 radical (unpaired) electrons. The minimum absolute atomic E-state index is 0.193. The zero-order valence-electron chi connectivity index (χ0n) is 14.3. The zero-order valence-corrected chi connectivity index (χ0v) is 14.3. The largest absolute Gasteiger partial charge is 0.351 e. The second-order valence-corrected chi connectivity index (χ2v) is 5.89. The van der Waals surface area contributed by atoms with Gasteiger partial charge in [-0.05, 0) is 32.9 Å². The number of amides is 1. The van der Waals surface area contributed by atoms with Crippen molar-refractivity contribution >= 4 is 5.91 Å². The third-order valence-electron chi connectivity index (χ3n) is 4.02. The normalized spacial score (nSPS) is 10.8. The van der Waals surface area contributed by atoms with E-state index in [1.54, 1.807) is 24.9 Å². The average molecular weight is 324 g/mol. The third kappa shape index (κ3) is 2.95. The first-order valence-electron chi connectivity index (χ1n) is 7.76. The van der Waals surface area contributed by atoms with Crippen LogP contribution in [0.3, 0.4) is 0 Å². The molecule has 0 bridgehead atoms. The minimum Gasteiger partial charge on any atom is -0.351 e. The Hall–Kier alpha value is -2.89. The van der Waals surface area contributed by atoms with Crippen molar-refractivity contribution in [2.45, 2.75) is 27.3 Å². The summed E-state index contributed by atoms with van der Waals surface area (Å²) in [6.45, 7) is 6.22. The summed E-state index contributed by atoms with van der Waals surface area (Å²) in [5.74, 6) is 0.0580. The van der Waals surface area contributed by atoms with Crippen molar-refractivity contribution in [3.63, 3.8) is 0 Å². The van der Waals surface area contributed by atoms with E-state index in [1.165, 1.54) is 0 Å². The molecule has 2 aromatic heterocycles. The lowest BCUT2D eigenvalue weighted by atomic mass is 10.2. The molecule has 1 aromatic carbocycles. The van der Waals surface area contributed by atoms with Gasteiger partial charge < -0.3 is 9.42 Å². The van der Waals surface area contributed by atoms with Gasteiger partial charge in [-0.25, -0.2) is 4.68 Å². The lowest BCUT2D eigenvalue weighted by molar-refractivity contribution is 0.0743. The van der Waals surface area contributed by atoms with Crippen molar-refractivity contribution < 1.29 is 9.32 Å². The van der Waals surface area contributed by atoms with Crippen molar-refractivity contribution in [1.82, 2.24) is 19.8 Å². The molecule has 0 fully saturated rings. The lowest BCUT2D eigenvalue weighted by Gasteiger charge is -2.15. The molecule has 0 saturated heterocycles. The zero-order chi connectivity index (χ0) is 17.3. The number of aryl methyl sites for hydroxylation is 2. The predicted molar refractivity (Wildman–Crippen MR) is 90.1 cm³/mol. The van der Waals surface area contributed by atoms with Crippen LogP contribution in [0.1, 0.15) is 33.2 Å². The molecule has 6 heteroatoms. The number of hydrogen-bond acceptors (Lipinski definition) is 4. The fourth-order valence-electron chi connectivity index (χ4n) is 2.69. The molecule has 1 amide bonds. The van der Waals surface area contributed by atoms with Gasteiger partial charge in [0.25, 0.3) is 5.91 Å². The molecule has 6 nitrogen and oxygen atoms in total. The number of benzene rings is 1. The highest BCUT2D eigenvalue weighted by Crippen LogP contribution is 2.20. The van der Waals surface area contributed by atoms with Crippen LogP contribution in [-0.4, -0.2) is 32.8 Å². The number of rotatable bonds is 4. The molecule has 0 aliphatic heterocycles. The van der Waals surface area contributed by atoms with E-state index in [2.05, 4.69) is 10.3 Å². The monoisotopic (exact) mass is 324 g/mol. The van der Waals surface area contributed by atoms with E-state index in [1.807, 2.05) is 48.9 Å². The van der Waals surface area contributed by atoms with Crippen LogP contribution in [-0.2, 0) is 6.54 Å². The van der Waals surface area contributed by atoms with Crippen LogP contribution in [0.25, 0.3) is 5.69 Å². The smallest absolute Gasteiger partial charge is 0.292 e. The SMILES string of the molecule is Cc1cc(C(=O)N(C)Cc2c(C)nn(-c3ccccc3)c2C)on1. The van der Waals surface area contributed by atoms with Gasteiger partial charge in [-0.3, -0.25) is 4.79 Å². The van der Waals surface area contributed by atoms with Gasteiger partial charge in [0.15, 0.2) is 0 Å². The maximum absolute atomic E-state index is 12.4. The molecule has 0 saturated carbocycles.